The number of piperidine rings is 1. The first-order chi connectivity index (χ1) is 13.9. The fourth-order valence-electron chi connectivity index (χ4n) is 3.29. The van der Waals surface area contributed by atoms with Gasteiger partial charge in [0.15, 0.2) is 5.96 Å². The van der Waals surface area contributed by atoms with Crippen molar-refractivity contribution >= 4 is 40.0 Å². The zero-order valence-corrected chi connectivity index (χ0v) is 21.5. The van der Waals surface area contributed by atoms with Crippen molar-refractivity contribution in [3.05, 3.63) is 29.8 Å². The average molecular weight is 554 g/mol. The molecular formula is C20H35IN4O4S. The van der Waals surface area contributed by atoms with Crippen molar-refractivity contribution in [1.29, 1.82) is 0 Å². The summed E-state index contributed by atoms with van der Waals surface area (Å²) in [7, 11) is 3.04. The molecule has 0 unspecified atom stereocenters. The quantitative estimate of drug-likeness (QED) is 0.218. The highest BCUT2D eigenvalue weighted by molar-refractivity contribution is 14.0. The van der Waals surface area contributed by atoms with Gasteiger partial charge in [-0.25, -0.2) is 12.7 Å². The van der Waals surface area contributed by atoms with E-state index in [0.717, 1.165) is 57.1 Å². The summed E-state index contributed by atoms with van der Waals surface area (Å²) in [5, 5.41) is 3.32. The van der Waals surface area contributed by atoms with E-state index in [-0.39, 0.29) is 30.1 Å². The minimum Gasteiger partial charge on any atom is -0.385 e. The SMILES string of the molecule is CN=C(NCc1ccccc1S(=O)(=O)N(C)C)N1CCC(OCCCOC)CC1.I. The minimum atomic E-state index is -3.49. The van der Waals surface area contributed by atoms with Crippen LogP contribution in [0.1, 0.15) is 24.8 Å². The molecular weight excluding hydrogens is 519 g/mol. The first-order valence-corrected chi connectivity index (χ1v) is 11.4. The fourth-order valence-corrected chi connectivity index (χ4v) is 4.41. The molecule has 2 rings (SSSR count). The van der Waals surface area contributed by atoms with Crippen LogP contribution in [-0.4, -0.2) is 84.2 Å². The molecule has 1 aliphatic heterocycles. The molecule has 0 bridgehead atoms. The highest BCUT2D eigenvalue weighted by atomic mass is 127. The van der Waals surface area contributed by atoms with E-state index in [1.165, 1.54) is 4.31 Å². The first kappa shape index (κ1) is 27.1. The van der Waals surface area contributed by atoms with Gasteiger partial charge in [-0.3, -0.25) is 4.99 Å². The average Bonchev–Trinajstić information content (AvgIpc) is 2.72. The maximum absolute atomic E-state index is 12.6. The Morgan fingerprint density at radius 2 is 1.90 bits per heavy atom. The van der Waals surface area contributed by atoms with Gasteiger partial charge < -0.3 is 19.7 Å². The van der Waals surface area contributed by atoms with Crippen LogP contribution in [0.15, 0.2) is 34.2 Å². The second kappa shape index (κ2) is 13.5. The van der Waals surface area contributed by atoms with Crippen molar-refractivity contribution in [3.8, 4) is 0 Å². The van der Waals surface area contributed by atoms with Crippen molar-refractivity contribution in [2.45, 2.75) is 36.8 Å². The number of aliphatic imine (C=N–C) groups is 1. The van der Waals surface area contributed by atoms with Gasteiger partial charge in [-0.1, -0.05) is 18.2 Å². The number of benzene rings is 1. The monoisotopic (exact) mass is 554 g/mol. The summed E-state index contributed by atoms with van der Waals surface area (Å²) >= 11 is 0. The highest BCUT2D eigenvalue weighted by Gasteiger charge is 2.23. The van der Waals surface area contributed by atoms with Crippen LogP contribution >= 0.6 is 24.0 Å². The number of sulfonamides is 1. The van der Waals surface area contributed by atoms with E-state index in [1.54, 1.807) is 40.4 Å². The number of rotatable bonds is 9. The van der Waals surface area contributed by atoms with Crippen molar-refractivity contribution in [2.75, 3.05) is 54.6 Å². The fraction of sp³-hybridized carbons (Fsp3) is 0.650. The normalized spacial score (nSPS) is 15.9. The largest absolute Gasteiger partial charge is 0.385 e. The molecule has 0 saturated carbocycles. The molecule has 8 nitrogen and oxygen atoms in total. The number of nitrogens with one attached hydrogen (secondary N) is 1. The molecule has 0 amide bonds. The van der Waals surface area contributed by atoms with Crippen LogP contribution in [0.25, 0.3) is 0 Å². The molecule has 1 heterocycles. The van der Waals surface area contributed by atoms with Crippen LogP contribution in [0.5, 0.6) is 0 Å². The first-order valence-electron chi connectivity index (χ1n) is 9.96. The molecule has 1 fully saturated rings. The summed E-state index contributed by atoms with van der Waals surface area (Å²) in [5.74, 6) is 0.778. The highest BCUT2D eigenvalue weighted by Crippen LogP contribution is 2.19. The van der Waals surface area contributed by atoms with Crippen LogP contribution in [0, 0.1) is 0 Å². The Morgan fingerprint density at radius 1 is 1.23 bits per heavy atom. The summed E-state index contributed by atoms with van der Waals surface area (Å²) in [6.45, 7) is 3.55. The van der Waals surface area contributed by atoms with Gasteiger partial charge in [-0.05, 0) is 30.9 Å². The van der Waals surface area contributed by atoms with Crippen molar-refractivity contribution in [2.24, 2.45) is 4.99 Å². The molecule has 1 saturated heterocycles. The standard InChI is InChI=1S/C20H34N4O4S.HI/c1-21-20(24-12-10-18(11-13-24)28-15-7-14-27-4)22-16-17-8-5-6-9-19(17)29(25,26)23(2)3;/h5-6,8-9,18H,7,10-16H2,1-4H3,(H,21,22);1H. The number of guanidine groups is 1. The van der Waals surface area contributed by atoms with Gasteiger partial charge in [-0.15, -0.1) is 24.0 Å². The summed E-state index contributed by atoms with van der Waals surface area (Å²) in [4.78, 5) is 6.89. The van der Waals surface area contributed by atoms with Crippen LogP contribution in [0.3, 0.4) is 0 Å². The van der Waals surface area contributed by atoms with Crippen molar-refractivity contribution in [3.63, 3.8) is 0 Å². The lowest BCUT2D eigenvalue weighted by atomic mass is 10.1. The third kappa shape index (κ3) is 7.63. The Bertz CT molecular complexity index is 766. The molecule has 172 valence electrons. The van der Waals surface area contributed by atoms with Gasteiger partial charge >= 0.3 is 0 Å². The molecule has 0 spiro atoms. The Kier molecular flexibility index (Phi) is 12.2. The van der Waals surface area contributed by atoms with Gasteiger partial charge in [0.1, 0.15) is 0 Å². The number of hydrogen-bond acceptors (Lipinski definition) is 5. The molecule has 1 aromatic carbocycles. The van der Waals surface area contributed by atoms with Crippen molar-refractivity contribution < 1.29 is 17.9 Å². The minimum absolute atomic E-state index is 0. The maximum Gasteiger partial charge on any atom is 0.242 e. The van der Waals surface area contributed by atoms with Gasteiger partial charge in [0, 0.05) is 61.1 Å². The van der Waals surface area contributed by atoms with E-state index < -0.39 is 10.0 Å². The summed E-state index contributed by atoms with van der Waals surface area (Å²) in [6.07, 6.45) is 3.07. The van der Waals surface area contributed by atoms with E-state index in [9.17, 15) is 8.42 Å². The van der Waals surface area contributed by atoms with E-state index in [2.05, 4.69) is 15.2 Å². The van der Waals surface area contributed by atoms with E-state index in [4.69, 9.17) is 9.47 Å². The van der Waals surface area contributed by atoms with Gasteiger partial charge in [0.05, 0.1) is 11.0 Å². The molecule has 0 radical (unpaired) electrons. The van der Waals surface area contributed by atoms with Gasteiger partial charge in [-0.2, -0.15) is 0 Å². The predicted molar refractivity (Wildman–Crippen MR) is 130 cm³/mol. The predicted octanol–water partition coefficient (Wildman–Crippen LogP) is 2.15. The van der Waals surface area contributed by atoms with Crippen LogP contribution < -0.4 is 5.32 Å². The Morgan fingerprint density at radius 3 is 2.50 bits per heavy atom. The van der Waals surface area contributed by atoms with E-state index in [0.29, 0.717) is 11.4 Å². The number of likely N-dealkylation sites (tertiary alicyclic amines) is 1. The molecule has 1 aliphatic rings. The van der Waals surface area contributed by atoms with E-state index in [1.807, 2.05) is 12.1 Å². The zero-order chi connectivity index (χ0) is 21.3. The summed E-state index contributed by atoms with van der Waals surface area (Å²) in [6, 6.07) is 7.06. The van der Waals surface area contributed by atoms with Crippen molar-refractivity contribution in [1.82, 2.24) is 14.5 Å². The van der Waals surface area contributed by atoms with Gasteiger partial charge in [0.2, 0.25) is 10.0 Å². The number of halogens is 1. The molecule has 0 aliphatic carbocycles. The smallest absolute Gasteiger partial charge is 0.242 e. The third-order valence-electron chi connectivity index (χ3n) is 4.97. The molecule has 30 heavy (non-hydrogen) atoms. The lowest BCUT2D eigenvalue weighted by Crippen LogP contribution is -2.46. The Balaban J connectivity index is 0.00000450. The molecule has 1 aromatic rings. The summed E-state index contributed by atoms with van der Waals surface area (Å²) in [5.41, 5.74) is 0.721. The molecule has 10 heteroatoms. The van der Waals surface area contributed by atoms with Crippen LogP contribution in [0.2, 0.25) is 0 Å². The third-order valence-corrected chi connectivity index (χ3v) is 6.88. The number of methoxy groups -OCH3 is 1. The van der Waals surface area contributed by atoms with Crippen LogP contribution in [0.4, 0.5) is 0 Å². The van der Waals surface area contributed by atoms with Crippen LogP contribution in [-0.2, 0) is 26.0 Å². The topological polar surface area (TPSA) is 83.5 Å². The number of nitrogens with zero attached hydrogens (tertiary/aromatic N) is 3. The lowest BCUT2D eigenvalue weighted by molar-refractivity contribution is 0.00989. The Hall–Kier alpha value is -0.950. The Labute approximate surface area is 198 Å². The number of hydrogen-bond donors (Lipinski definition) is 1. The second-order valence-corrected chi connectivity index (χ2v) is 9.32. The zero-order valence-electron chi connectivity index (χ0n) is 18.3. The molecule has 1 N–H and O–H groups in total. The summed E-state index contributed by atoms with van der Waals surface area (Å²) < 4.78 is 37.3. The molecule has 0 atom stereocenters. The maximum atomic E-state index is 12.6. The van der Waals surface area contributed by atoms with Gasteiger partial charge in [0.25, 0.3) is 0 Å². The second-order valence-electron chi connectivity index (χ2n) is 7.20. The number of ether oxygens (including phenoxy) is 2. The molecule has 0 aromatic heterocycles. The lowest BCUT2D eigenvalue weighted by Gasteiger charge is -2.34. The van der Waals surface area contributed by atoms with E-state index >= 15 is 0 Å².